The Hall–Kier alpha value is -1.93. The van der Waals surface area contributed by atoms with Crippen LogP contribution in [0.5, 0.6) is 0 Å². The van der Waals surface area contributed by atoms with E-state index in [1.807, 2.05) is 0 Å². The van der Waals surface area contributed by atoms with Crippen LogP contribution in [0.4, 0.5) is 0 Å². The highest BCUT2D eigenvalue weighted by molar-refractivity contribution is 5.85. The molecule has 0 fully saturated rings. The number of rotatable bonds is 8. The molecule has 0 aliphatic carbocycles. The molecule has 0 radical (unpaired) electrons. The number of aromatic carboxylic acids is 1. The third-order valence-electron chi connectivity index (χ3n) is 1.74. The Morgan fingerprint density at radius 1 is 1.59 bits per heavy atom. The molecule has 8 heteroatoms. The van der Waals surface area contributed by atoms with Gasteiger partial charge in [0.2, 0.25) is 5.91 Å². The van der Waals surface area contributed by atoms with E-state index < -0.39 is 11.9 Å². The minimum atomic E-state index is -1.13. The van der Waals surface area contributed by atoms with E-state index in [0.29, 0.717) is 25.5 Å². The van der Waals surface area contributed by atoms with Crippen LogP contribution >= 0.6 is 0 Å². The van der Waals surface area contributed by atoms with Crippen molar-refractivity contribution in [1.82, 2.24) is 10.5 Å². The number of carboxylic acid groups (broad SMARTS) is 1. The number of hydrogen-bond donors (Lipinski definition) is 3. The number of amides is 1. The summed E-state index contributed by atoms with van der Waals surface area (Å²) in [5.41, 5.74) is 4.73. The summed E-state index contributed by atoms with van der Waals surface area (Å²) in [7, 11) is 0. The van der Waals surface area contributed by atoms with Gasteiger partial charge in [-0.25, -0.2) is 4.79 Å². The van der Waals surface area contributed by atoms with Crippen molar-refractivity contribution in [3.63, 3.8) is 0 Å². The zero-order valence-corrected chi connectivity index (χ0v) is 9.01. The lowest BCUT2D eigenvalue weighted by atomic mass is 10.3. The Kier molecular flexibility index (Phi) is 5.11. The minimum Gasteiger partial charge on any atom is -0.476 e. The summed E-state index contributed by atoms with van der Waals surface area (Å²) in [4.78, 5) is 20.8. The van der Waals surface area contributed by atoms with Crippen LogP contribution < -0.4 is 11.1 Å². The molecule has 0 aliphatic heterocycles. The van der Waals surface area contributed by atoms with Gasteiger partial charge < -0.3 is 25.4 Å². The molecule has 0 saturated carbocycles. The van der Waals surface area contributed by atoms with Crippen molar-refractivity contribution < 1.29 is 24.0 Å². The highest BCUT2D eigenvalue weighted by atomic mass is 16.5. The van der Waals surface area contributed by atoms with Crippen LogP contribution in [-0.2, 0) is 16.1 Å². The molecular formula is C9H13N3O5. The van der Waals surface area contributed by atoms with Gasteiger partial charge in [-0.3, -0.25) is 4.79 Å². The molecule has 1 aromatic heterocycles. The maximum Gasteiger partial charge on any atom is 0.358 e. The van der Waals surface area contributed by atoms with Crippen LogP contribution in [-0.4, -0.2) is 41.9 Å². The number of primary amides is 1. The smallest absolute Gasteiger partial charge is 0.358 e. The molecule has 94 valence electrons. The number of carboxylic acids is 1. The number of hydrogen-bond acceptors (Lipinski definition) is 6. The molecular weight excluding hydrogens is 230 g/mol. The van der Waals surface area contributed by atoms with Crippen molar-refractivity contribution in [2.45, 2.75) is 6.54 Å². The number of ether oxygens (including phenoxy) is 1. The van der Waals surface area contributed by atoms with E-state index in [1.165, 1.54) is 6.07 Å². The monoisotopic (exact) mass is 243 g/mol. The Labute approximate surface area is 96.7 Å². The van der Waals surface area contributed by atoms with Crippen molar-refractivity contribution in [2.75, 3.05) is 19.8 Å². The van der Waals surface area contributed by atoms with Crippen LogP contribution in [0.15, 0.2) is 10.6 Å². The average molecular weight is 243 g/mol. The molecule has 1 aromatic rings. The van der Waals surface area contributed by atoms with Crippen LogP contribution in [0, 0.1) is 0 Å². The zero-order valence-electron chi connectivity index (χ0n) is 9.01. The summed E-state index contributed by atoms with van der Waals surface area (Å²) in [6.07, 6.45) is 0. The van der Waals surface area contributed by atoms with Crippen molar-refractivity contribution in [3.05, 3.63) is 17.5 Å². The molecule has 8 nitrogen and oxygen atoms in total. The van der Waals surface area contributed by atoms with E-state index in [9.17, 15) is 9.59 Å². The van der Waals surface area contributed by atoms with Crippen molar-refractivity contribution in [1.29, 1.82) is 0 Å². The van der Waals surface area contributed by atoms with Gasteiger partial charge in [0, 0.05) is 12.6 Å². The first kappa shape index (κ1) is 13.1. The molecule has 4 N–H and O–H groups in total. The molecule has 17 heavy (non-hydrogen) atoms. The molecule has 0 aromatic carbocycles. The number of carbonyl (C=O) groups is 2. The van der Waals surface area contributed by atoms with Crippen molar-refractivity contribution in [2.24, 2.45) is 5.73 Å². The van der Waals surface area contributed by atoms with Gasteiger partial charge in [-0.05, 0) is 0 Å². The minimum absolute atomic E-state index is 0.118. The van der Waals surface area contributed by atoms with Crippen molar-refractivity contribution >= 4 is 11.9 Å². The maximum absolute atomic E-state index is 10.5. The van der Waals surface area contributed by atoms with Gasteiger partial charge in [-0.2, -0.15) is 0 Å². The van der Waals surface area contributed by atoms with E-state index in [2.05, 4.69) is 10.5 Å². The highest BCUT2D eigenvalue weighted by Crippen LogP contribution is 2.02. The number of nitrogens with zero attached hydrogens (tertiary/aromatic N) is 1. The highest BCUT2D eigenvalue weighted by Gasteiger charge is 2.09. The first-order valence-corrected chi connectivity index (χ1v) is 4.85. The standard InChI is InChI=1S/C9H13N3O5/c10-8(13)5-16-2-1-11-4-6-3-7(9(14)15)12-17-6/h3,11H,1-2,4-5H2,(H2,10,13)(H,14,15). The topological polar surface area (TPSA) is 128 Å². The second-order valence-corrected chi connectivity index (χ2v) is 3.18. The number of aromatic nitrogens is 1. The SMILES string of the molecule is NC(=O)COCCNCc1cc(C(=O)O)no1. The van der Waals surface area contributed by atoms with Crippen LogP contribution in [0.2, 0.25) is 0 Å². The van der Waals surface area contributed by atoms with Gasteiger partial charge in [0.1, 0.15) is 6.61 Å². The zero-order chi connectivity index (χ0) is 12.7. The third-order valence-corrected chi connectivity index (χ3v) is 1.74. The predicted octanol–water partition coefficient (Wildman–Crippen LogP) is -1.04. The lowest BCUT2D eigenvalue weighted by molar-refractivity contribution is -0.122. The molecule has 0 unspecified atom stereocenters. The maximum atomic E-state index is 10.5. The first-order chi connectivity index (χ1) is 8.09. The lowest BCUT2D eigenvalue weighted by Gasteiger charge is -2.02. The molecule has 1 amide bonds. The van der Waals surface area contributed by atoms with E-state index in [-0.39, 0.29) is 12.3 Å². The molecule has 0 spiro atoms. The van der Waals surface area contributed by atoms with Crippen molar-refractivity contribution in [3.8, 4) is 0 Å². The first-order valence-electron chi connectivity index (χ1n) is 4.85. The molecule has 1 heterocycles. The molecule has 0 atom stereocenters. The molecule has 0 bridgehead atoms. The van der Waals surface area contributed by atoms with E-state index in [4.69, 9.17) is 20.1 Å². The third kappa shape index (κ3) is 5.09. The van der Waals surface area contributed by atoms with Gasteiger partial charge in [0.05, 0.1) is 13.2 Å². The van der Waals surface area contributed by atoms with Gasteiger partial charge >= 0.3 is 5.97 Å². The van der Waals surface area contributed by atoms with Crippen LogP contribution in [0.3, 0.4) is 0 Å². The quantitative estimate of drug-likeness (QED) is 0.498. The normalized spacial score (nSPS) is 10.4. The summed E-state index contributed by atoms with van der Waals surface area (Å²) in [6.45, 7) is 1.02. The fourth-order valence-corrected chi connectivity index (χ4v) is 1.03. The Morgan fingerprint density at radius 3 is 2.94 bits per heavy atom. The molecule has 0 saturated heterocycles. The van der Waals surface area contributed by atoms with Crippen LogP contribution in [0.1, 0.15) is 16.2 Å². The van der Waals surface area contributed by atoms with Gasteiger partial charge in [0.15, 0.2) is 11.5 Å². The van der Waals surface area contributed by atoms with E-state index in [1.54, 1.807) is 0 Å². The van der Waals surface area contributed by atoms with Gasteiger partial charge in [-0.15, -0.1) is 0 Å². The van der Waals surface area contributed by atoms with Crippen LogP contribution in [0.25, 0.3) is 0 Å². The Bertz CT molecular complexity index is 390. The second-order valence-electron chi connectivity index (χ2n) is 3.18. The average Bonchev–Trinajstić information content (AvgIpc) is 2.71. The molecule has 0 aliphatic rings. The summed E-state index contributed by atoms with van der Waals surface area (Å²) < 4.78 is 9.66. The number of nitrogens with one attached hydrogen (secondary N) is 1. The summed E-state index contributed by atoms with van der Waals surface area (Å²) in [6, 6.07) is 1.33. The van der Waals surface area contributed by atoms with E-state index in [0.717, 1.165) is 0 Å². The summed E-state index contributed by atoms with van der Waals surface area (Å²) in [5, 5.41) is 14.9. The number of carbonyl (C=O) groups excluding carboxylic acids is 1. The second kappa shape index (κ2) is 6.61. The lowest BCUT2D eigenvalue weighted by Crippen LogP contribution is -2.23. The summed E-state index contributed by atoms with van der Waals surface area (Å²) >= 11 is 0. The summed E-state index contributed by atoms with van der Waals surface area (Å²) in [5.74, 6) is -1.24. The predicted molar refractivity (Wildman–Crippen MR) is 55.2 cm³/mol. The Morgan fingerprint density at radius 2 is 2.35 bits per heavy atom. The fraction of sp³-hybridized carbons (Fsp3) is 0.444. The van der Waals surface area contributed by atoms with Gasteiger partial charge in [-0.1, -0.05) is 5.16 Å². The fourth-order valence-electron chi connectivity index (χ4n) is 1.03. The van der Waals surface area contributed by atoms with Gasteiger partial charge in [0.25, 0.3) is 0 Å². The largest absolute Gasteiger partial charge is 0.476 e. The van der Waals surface area contributed by atoms with E-state index >= 15 is 0 Å². The number of nitrogens with two attached hydrogens (primary N) is 1. The Balaban J connectivity index is 2.13. The molecule has 1 rings (SSSR count).